The molecule has 1 aliphatic rings. The van der Waals surface area contributed by atoms with Crippen LogP contribution in [0.4, 0.5) is 11.6 Å². The van der Waals surface area contributed by atoms with E-state index in [0.717, 1.165) is 12.1 Å². The van der Waals surface area contributed by atoms with Crippen molar-refractivity contribution in [2.45, 2.75) is 32.6 Å². The highest BCUT2D eigenvalue weighted by atomic mass is 35.5. The molecular formula is C20H20Cl2N4OS. The van der Waals surface area contributed by atoms with Gasteiger partial charge in [-0.25, -0.2) is 9.97 Å². The standard InChI is InChI=1S/C20H20Cl2N4OS/c1-10(27)18-16(23)15-17(12-6-7-13(21)14(22)8-12)25-20(26-19(15)28-18)24-9-11-4-2-3-5-11/h6-8,11H,2-5,9,23H2,1H3,(H,24,25,26). The molecule has 0 unspecified atom stereocenters. The molecule has 146 valence electrons. The summed E-state index contributed by atoms with van der Waals surface area (Å²) in [6.07, 6.45) is 5.03. The molecule has 2 aromatic heterocycles. The van der Waals surface area contributed by atoms with Crippen molar-refractivity contribution in [2.75, 3.05) is 17.6 Å². The zero-order valence-corrected chi connectivity index (χ0v) is 17.7. The van der Waals surface area contributed by atoms with Gasteiger partial charge in [0.1, 0.15) is 4.83 Å². The van der Waals surface area contributed by atoms with E-state index < -0.39 is 0 Å². The lowest BCUT2D eigenvalue weighted by Gasteiger charge is -2.12. The first-order valence-electron chi connectivity index (χ1n) is 9.24. The minimum absolute atomic E-state index is 0.0824. The molecule has 2 heterocycles. The van der Waals surface area contributed by atoms with E-state index in [1.165, 1.54) is 43.9 Å². The average molecular weight is 435 g/mol. The molecule has 1 aromatic carbocycles. The smallest absolute Gasteiger partial charge is 0.224 e. The zero-order chi connectivity index (χ0) is 19.8. The maximum atomic E-state index is 12.0. The van der Waals surface area contributed by atoms with Gasteiger partial charge in [-0.15, -0.1) is 11.3 Å². The van der Waals surface area contributed by atoms with Gasteiger partial charge >= 0.3 is 0 Å². The minimum atomic E-state index is -0.0824. The van der Waals surface area contributed by atoms with Crippen LogP contribution in [0.15, 0.2) is 18.2 Å². The summed E-state index contributed by atoms with van der Waals surface area (Å²) in [5, 5.41) is 4.96. The number of hydrogen-bond donors (Lipinski definition) is 2. The number of aromatic nitrogens is 2. The summed E-state index contributed by atoms with van der Waals surface area (Å²) in [5.41, 5.74) is 8.15. The molecule has 0 bridgehead atoms. The molecule has 1 saturated carbocycles. The van der Waals surface area contributed by atoms with E-state index in [9.17, 15) is 4.79 Å². The van der Waals surface area contributed by atoms with E-state index in [-0.39, 0.29) is 5.78 Å². The molecular weight excluding hydrogens is 415 g/mol. The number of carbonyl (C=O) groups excluding carboxylic acids is 1. The molecule has 3 N–H and O–H groups in total. The number of benzene rings is 1. The van der Waals surface area contributed by atoms with Crippen molar-refractivity contribution in [3.63, 3.8) is 0 Å². The molecule has 0 saturated heterocycles. The van der Waals surface area contributed by atoms with E-state index in [1.54, 1.807) is 12.1 Å². The number of carbonyl (C=O) groups is 1. The predicted octanol–water partition coefficient (Wildman–Crippen LogP) is 6.05. The van der Waals surface area contributed by atoms with Crippen LogP contribution in [-0.2, 0) is 0 Å². The minimum Gasteiger partial charge on any atom is -0.397 e. The highest BCUT2D eigenvalue weighted by molar-refractivity contribution is 7.21. The van der Waals surface area contributed by atoms with Crippen molar-refractivity contribution < 1.29 is 4.79 Å². The van der Waals surface area contributed by atoms with Gasteiger partial charge in [-0.3, -0.25) is 4.79 Å². The second kappa shape index (κ2) is 7.85. The predicted molar refractivity (Wildman–Crippen MR) is 118 cm³/mol. The third-order valence-electron chi connectivity index (χ3n) is 5.12. The van der Waals surface area contributed by atoms with Crippen LogP contribution in [0.25, 0.3) is 21.5 Å². The Hall–Kier alpha value is -1.89. The monoisotopic (exact) mass is 434 g/mol. The van der Waals surface area contributed by atoms with Crippen LogP contribution in [0.3, 0.4) is 0 Å². The van der Waals surface area contributed by atoms with E-state index in [1.807, 2.05) is 6.07 Å². The summed E-state index contributed by atoms with van der Waals surface area (Å²) in [5.74, 6) is 1.10. The van der Waals surface area contributed by atoms with Crippen LogP contribution in [0.2, 0.25) is 10.0 Å². The molecule has 5 nitrogen and oxygen atoms in total. The molecule has 0 amide bonds. The van der Waals surface area contributed by atoms with Crippen LogP contribution in [-0.4, -0.2) is 22.3 Å². The average Bonchev–Trinajstić information content (AvgIpc) is 3.30. The molecule has 1 aliphatic carbocycles. The lowest BCUT2D eigenvalue weighted by atomic mass is 10.1. The Labute approximate surface area is 177 Å². The third-order valence-corrected chi connectivity index (χ3v) is 7.06. The highest BCUT2D eigenvalue weighted by Crippen LogP contribution is 2.40. The number of nitrogens with one attached hydrogen (secondary N) is 1. The number of nitrogens with zero attached hydrogens (tertiary/aromatic N) is 2. The molecule has 0 atom stereocenters. The van der Waals surface area contributed by atoms with Crippen LogP contribution in [0, 0.1) is 5.92 Å². The number of nitrogens with two attached hydrogens (primary N) is 1. The number of thiophene rings is 1. The van der Waals surface area contributed by atoms with Gasteiger partial charge in [-0.05, 0) is 30.9 Å². The van der Waals surface area contributed by atoms with Gasteiger partial charge in [0.2, 0.25) is 5.95 Å². The summed E-state index contributed by atoms with van der Waals surface area (Å²) in [4.78, 5) is 22.5. The van der Waals surface area contributed by atoms with Gasteiger partial charge in [0.25, 0.3) is 0 Å². The Morgan fingerprint density at radius 3 is 2.68 bits per heavy atom. The van der Waals surface area contributed by atoms with E-state index >= 15 is 0 Å². The maximum Gasteiger partial charge on any atom is 0.224 e. The fourth-order valence-corrected chi connectivity index (χ4v) is 4.95. The van der Waals surface area contributed by atoms with Crippen molar-refractivity contribution in [3.8, 4) is 11.3 Å². The highest BCUT2D eigenvalue weighted by Gasteiger charge is 2.21. The van der Waals surface area contributed by atoms with Gasteiger partial charge in [0, 0.05) is 19.0 Å². The Bertz CT molecular complexity index is 1060. The number of anilines is 2. The van der Waals surface area contributed by atoms with Gasteiger partial charge in [0.05, 0.1) is 31.7 Å². The van der Waals surface area contributed by atoms with Crippen molar-refractivity contribution in [2.24, 2.45) is 5.92 Å². The van der Waals surface area contributed by atoms with E-state index in [2.05, 4.69) is 10.3 Å². The maximum absolute atomic E-state index is 12.0. The number of Topliss-reactive ketones (excluding diaryl/α,β-unsaturated/α-hetero) is 1. The molecule has 0 spiro atoms. The van der Waals surface area contributed by atoms with Crippen LogP contribution >= 0.6 is 34.5 Å². The molecule has 1 fully saturated rings. The molecule has 28 heavy (non-hydrogen) atoms. The topological polar surface area (TPSA) is 80.9 Å². The number of nitrogen functional groups attached to an aromatic ring is 1. The first-order chi connectivity index (χ1) is 13.4. The van der Waals surface area contributed by atoms with Crippen LogP contribution < -0.4 is 11.1 Å². The van der Waals surface area contributed by atoms with Crippen LogP contribution in [0.1, 0.15) is 42.3 Å². The Morgan fingerprint density at radius 1 is 1.25 bits per heavy atom. The van der Waals surface area contributed by atoms with Crippen molar-refractivity contribution in [1.29, 1.82) is 0 Å². The summed E-state index contributed by atoms with van der Waals surface area (Å²) in [6.45, 7) is 2.35. The SMILES string of the molecule is CC(=O)c1sc2nc(NCC3CCCC3)nc(-c3ccc(Cl)c(Cl)c3)c2c1N. The normalized spacial score (nSPS) is 14.7. The lowest BCUT2D eigenvalue weighted by Crippen LogP contribution is -2.13. The number of rotatable bonds is 5. The van der Waals surface area contributed by atoms with Crippen molar-refractivity contribution in [1.82, 2.24) is 9.97 Å². The Kier molecular flexibility index (Phi) is 5.45. The molecule has 0 aliphatic heterocycles. The van der Waals surface area contributed by atoms with Gasteiger partial charge in [-0.2, -0.15) is 0 Å². The first-order valence-corrected chi connectivity index (χ1v) is 10.8. The van der Waals surface area contributed by atoms with Gasteiger partial charge < -0.3 is 11.1 Å². The fourth-order valence-electron chi connectivity index (χ4n) is 3.66. The summed E-state index contributed by atoms with van der Waals surface area (Å²) in [6, 6.07) is 5.34. The van der Waals surface area contributed by atoms with Gasteiger partial charge in [-0.1, -0.05) is 42.1 Å². The summed E-state index contributed by atoms with van der Waals surface area (Å²) < 4.78 is 0. The summed E-state index contributed by atoms with van der Waals surface area (Å²) >= 11 is 13.6. The molecule has 8 heteroatoms. The number of hydrogen-bond acceptors (Lipinski definition) is 6. The fraction of sp³-hybridized carbons (Fsp3) is 0.350. The quantitative estimate of drug-likeness (QED) is 0.477. The summed E-state index contributed by atoms with van der Waals surface area (Å²) in [7, 11) is 0. The Morgan fingerprint density at radius 2 is 2.00 bits per heavy atom. The molecule has 0 radical (unpaired) electrons. The van der Waals surface area contributed by atoms with E-state index in [4.69, 9.17) is 33.9 Å². The number of fused-ring (bicyclic) bond motifs is 1. The van der Waals surface area contributed by atoms with Crippen LogP contribution in [0.5, 0.6) is 0 Å². The van der Waals surface area contributed by atoms with Gasteiger partial charge in [0.15, 0.2) is 5.78 Å². The third kappa shape index (κ3) is 3.69. The lowest BCUT2D eigenvalue weighted by molar-refractivity contribution is 0.102. The number of ketones is 1. The van der Waals surface area contributed by atoms with Crippen molar-refractivity contribution >= 4 is 62.2 Å². The first kappa shape index (κ1) is 19.4. The Balaban J connectivity index is 1.83. The second-order valence-electron chi connectivity index (χ2n) is 7.14. The van der Waals surface area contributed by atoms with E-state index in [0.29, 0.717) is 48.4 Å². The largest absolute Gasteiger partial charge is 0.397 e. The number of halogens is 2. The van der Waals surface area contributed by atoms with Crippen molar-refractivity contribution in [3.05, 3.63) is 33.1 Å². The molecule has 4 rings (SSSR count). The second-order valence-corrected chi connectivity index (χ2v) is 8.95. The zero-order valence-electron chi connectivity index (χ0n) is 15.4. The molecule has 3 aromatic rings.